The van der Waals surface area contributed by atoms with E-state index >= 15 is 0 Å². The predicted molar refractivity (Wildman–Crippen MR) is 79.9 cm³/mol. The lowest BCUT2D eigenvalue weighted by molar-refractivity contribution is -0.115. The molecule has 0 aliphatic carbocycles. The van der Waals surface area contributed by atoms with E-state index in [1.807, 2.05) is 17.5 Å². The van der Waals surface area contributed by atoms with E-state index in [0.29, 0.717) is 19.5 Å². The Kier molecular flexibility index (Phi) is 6.01. The molecule has 1 aromatic heterocycles. The normalized spacial score (nSPS) is 15.2. The van der Waals surface area contributed by atoms with Gasteiger partial charge in [0.15, 0.2) is 0 Å². The van der Waals surface area contributed by atoms with Gasteiger partial charge in [0, 0.05) is 24.5 Å². The summed E-state index contributed by atoms with van der Waals surface area (Å²) in [5.74, 6) is 0. The second-order valence-electron chi connectivity index (χ2n) is 4.91. The third kappa shape index (κ3) is 4.61. The number of hydrogen-bond acceptors (Lipinski definition) is 4. The van der Waals surface area contributed by atoms with E-state index in [2.05, 4.69) is 10.2 Å². The highest BCUT2D eigenvalue weighted by atomic mass is 32.1. The maximum absolute atomic E-state index is 11.9. The smallest absolute Gasteiger partial charge is 0.323 e. The minimum absolute atomic E-state index is 0.296. The Morgan fingerprint density at radius 1 is 1.45 bits per heavy atom. The van der Waals surface area contributed by atoms with Crippen molar-refractivity contribution in [3.05, 3.63) is 22.4 Å². The Balaban J connectivity index is 1.66. The van der Waals surface area contributed by atoms with Gasteiger partial charge in [0.05, 0.1) is 0 Å². The molecule has 0 spiro atoms. The summed E-state index contributed by atoms with van der Waals surface area (Å²) in [5, 5.41) is 4.81. The molecule has 2 heterocycles. The number of amides is 3. The Hall–Kier alpha value is -1.40. The van der Waals surface area contributed by atoms with Gasteiger partial charge in [-0.15, -0.1) is 11.3 Å². The molecule has 1 N–H and O–H groups in total. The third-order valence-electron chi connectivity index (χ3n) is 3.47. The summed E-state index contributed by atoms with van der Waals surface area (Å²) in [5.41, 5.74) is 0. The Morgan fingerprint density at radius 2 is 2.25 bits per heavy atom. The topological polar surface area (TPSA) is 52.7 Å². The van der Waals surface area contributed by atoms with E-state index in [1.165, 1.54) is 22.6 Å². The fourth-order valence-corrected chi connectivity index (χ4v) is 3.02. The largest absolute Gasteiger partial charge is 0.337 e. The van der Waals surface area contributed by atoms with Gasteiger partial charge in [-0.2, -0.15) is 0 Å². The number of rotatable bonds is 7. The van der Waals surface area contributed by atoms with Crippen LogP contribution in [0.3, 0.4) is 0 Å². The summed E-state index contributed by atoms with van der Waals surface area (Å²) in [6.45, 7) is 3.96. The lowest BCUT2D eigenvalue weighted by Gasteiger charge is -2.20. The summed E-state index contributed by atoms with van der Waals surface area (Å²) < 4.78 is 0. The number of thiophene rings is 1. The van der Waals surface area contributed by atoms with Crippen LogP contribution >= 0.6 is 11.3 Å². The van der Waals surface area contributed by atoms with Crippen LogP contribution in [0.15, 0.2) is 17.5 Å². The second kappa shape index (κ2) is 8.01. The van der Waals surface area contributed by atoms with E-state index in [1.54, 1.807) is 11.3 Å². The molecule has 6 heteroatoms. The van der Waals surface area contributed by atoms with Gasteiger partial charge in [0.2, 0.25) is 6.41 Å². The summed E-state index contributed by atoms with van der Waals surface area (Å²) >= 11 is 1.67. The number of carbonyl (C=O) groups excluding carboxylic acids is 2. The van der Waals surface area contributed by atoms with Crippen molar-refractivity contribution in [2.75, 3.05) is 32.7 Å². The monoisotopic (exact) mass is 295 g/mol. The Bertz CT molecular complexity index is 416. The molecular formula is C14H21N3O2S. The fraction of sp³-hybridized carbons (Fsp3) is 0.571. The number of nitrogens with one attached hydrogen (secondary N) is 1. The summed E-state index contributed by atoms with van der Waals surface area (Å²) in [6, 6.07) is 3.74. The quantitative estimate of drug-likeness (QED) is 0.777. The van der Waals surface area contributed by atoms with Crippen LogP contribution in [0.1, 0.15) is 17.7 Å². The van der Waals surface area contributed by atoms with Gasteiger partial charge in [-0.05, 0) is 43.8 Å². The van der Waals surface area contributed by atoms with E-state index < -0.39 is 0 Å². The molecule has 1 aliphatic rings. The highest BCUT2D eigenvalue weighted by Gasteiger charge is 2.16. The van der Waals surface area contributed by atoms with Crippen LogP contribution in [0.4, 0.5) is 4.79 Å². The minimum Gasteiger partial charge on any atom is -0.337 e. The SMILES string of the molecule is O=CN(CCN1CCCC1)C(=O)NCCc1cccs1. The number of hydrogen-bond donors (Lipinski definition) is 1. The third-order valence-corrected chi connectivity index (χ3v) is 4.41. The van der Waals surface area contributed by atoms with Crippen molar-refractivity contribution in [2.24, 2.45) is 0 Å². The van der Waals surface area contributed by atoms with Gasteiger partial charge in [0.1, 0.15) is 0 Å². The Morgan fingerprint density at radius 3 is 2.90 bits per heavy atom. The molecule has 1 aliphatic heterocycles. The molecule has 0 radical (unpaired) electrons. The summed E-state index contributed by atoms with van der Waals surface area (Å²) in [4.78, 5) is 27.6. The van der Waals surface area contributed by atoms with Crippen molar-refractivity contribution in [3.63, 3.8) is 0 Å². The first kappa shape index (κ1) is 15.0. The number of urea groups is 1. The number of carbonyl (C=O) groups is 2. The van der Waals surface area contributed by atoms with Crippen LogP contribution in [0, 0.1) is 0 Å². The average molecular weight is 295 g/mol. The van der Waals surface area contributed by atoms with E-state index in [0.717, 1.165) is 26.1 Å². The fourth-order valence-electron chi connectivity index (χ4n) is 2.31. The molecule has 1 saturated heterocycles. The van der Waals surface area contributed by atoms with Crippen LogP contribution in [0.25, 0.3) is 0 Å². The van der Waals surface area contributed by atoms with Crippen LogP contribution in [0.5, 0.6) is 0 Å². The molecule has 5 nitrogen and oxygen atoms in total. The molecule has 0 unspecified atom stereocenters. The number of nitrogens with zero attached hydrogens (tertiary/aromatic N) is 2. The highest BCUT2D eigenvalue weighted by Crippen LogP contribution is 2.08. The lowest BCUT2D eigenvalue weighted by Crippen LogP contribution is -2.43. The van der Waals surface area contributed by atoms with E-state index in [-0.39, 0.29) is 6.03 Å². The number of likely N-dealkylation sites (tertiary alicyclic amines) is 1. The molecule has 1 fully saturated rings. The molecule has 3 amide bonds. The van der Waals surface area contributed by atoms with Crippen molar-refractivity contribution in [3.8, 4) is 0 Å². The maximum Gasteiger partial charge on any atom is 0.323 e. The van der Waals surface area contributed by atoms with Gasteiger partial charge in [-0.25, -0.2) is 4.79 Å². The van der Waals surface area contributed by atoms with Crippen LogP contribution < -0.4 is 5.32 Å². The van der Waals surface area contributed by atoms with Crippen molar-refractivity contribution < 1.29 is 9.59 Å². The summed E-state index contributed by atoms with van der Waals surface area (Å²) in [7, 11) is 0. The van der Waals surface area contributed by atoms with Crippen LogP contribution in [0.2, 0.25) is 0 Å². The van der Waals surface area contributed by atoms with E-state index in [4.69, 9.17) is 0 Å². The van der Waals surface area contributed by atoms with Gasteiger partial charge in [-0.3, -0.25) is 9.69 Å². The molecule has 2 rings (SSSR count). The number of imide groups is 1. The maximum atomic E-state index is 11.9. The molecule has 1 aromatic rings. The molecule has 0 bridgehead atoms. The summed E-state index contributed by atoms with van der Waals surface area (Å²) in [6.07, 6.45) is 3.86. The van der Waals surface area contributed by atoms with Crippen LogP contribution in [-0.4, -0.2) is 55.0 Å². The van der Waals surface area contributed by atoms with E-state index in [9.17, 15) is 9.59 Å². The molecule has 110 valence electrons. The van der Waals surface area contributed by atoms with Crippen molar-refractivity contribution >= 4 is 23.8 Å². The van der Waals surface area contributed by atoms with Crippen LogP contribution in [-0.2, 0) is 11.2 Å². The van der Waals surface area contributed by atoms with Gasteiger partial charge in [-0.1, -0.05) is 6.07 Å². The molecule has 0 atom stereocenters. The van der Waals surface area contributed by atoms with Crippen molar-refractivity contribution in [2.45, 2.75) is 19.3 Å². The second-order valence-corrected chi connectivity index (χ2v) is 5.94. The first-order valence-electron chi connectivity index (χ1n) is 7.04. The van der Waals surface area contributed by atoms with Gasteiger partial charge in [0.25, 0.3) is 0 Å². The average Bonchev–Trinajstić information content (AvgIpc) is 3.12. The predicted octanol–water partition coefficient (Wildman–Crippen LogP) is 1.55. The highest BCUT2D eigenvalue weighted by molar-refractivity contribution is 7.09. The van der Waals surface area contributed by atoms with Gasteiger partial charge >= 0.3 is 6.03 Å². The molecule has 0 saturated carbocycles. The zero-order chi connectivity index (χ0) is 14.2. The Labute approximate surface area is 123 Å². The zero-order valence-electron chi connectivity index (χ0n) is 11.6. The van der Waals surface area contributed by atoms with Crippen molar-refractivity contribution in [1.29, 1.82) is 0 Å². The van der Waals surface area contributed by atoms with Gasteiger partial charge < -0.3 is 10.2 Å². The standard InChI is InChI=1S/C14H21N3O2S/c18-12-17(10-9-16-7-1-2-8-16)14(19)15-6-5-13-4-3-11-20-13/h3-4,11-12H,1-2,5-10H2,(H,15,19). The first-order chi connectivity index (χ1) is 9.79. The molecule has 0 aromatic carbocycles. The molecular weight excluding hydrogens is 274 g/mol. The minimum atomic E-state index is -0.296. The zero-order valence-corrected chi connectivity index (χ0v) is 12.4. The molecule has 20 heavy (non-hydrogen) atoms. The lowest BCUT2D eigenvalue weighted by atomic mass is 10.3. The first-order valence-corrected chi connectivity index (χ1v) is 7.92. The van der Waals surface area contributed by atoms with Crippen molar-refractivity contribution in [1.82, 2.24) is 15.1 Å².